The van der Waals surface area contributed by atoms with E-state index in [1.165, 1.54) is 0 Å². The number of aromatic nitrogens is 1. The van der Waals surface area contributed by atoms with Crippen molar-refractivity contribution in [1.82, 2.24) is 20.1 Å². The lowest BCUT2D eigenvalue weighted by molar-refractivity contribution is -0.137. The van der Waals surface area contributed by atoms with Gasteiger partial charge in [-0.3, -0.25) is 14.4 Å². The van der Waals surface area contributed by atoms with E-state index < -0.39 is 6.04 Å². The van der Waals surface area contributed by atoms with E-state index in [2.05, 4.69) is 10.3 Å². The number of ether oxygens (including phenoxy) is 4. The summed E-state index contributed by atoms with van der Waals surface area (Å²) in [6.07, 6.45) is 1.42. The minimum Gasteiger partial charge on any atom is -0.493 e. The summed E-state index contributed by atoms with van der Waals surface area (Å²) in [7, 11) is 3.19. The number of pyridine rings is 1. The van der Waals surface area contributed by atoms with E-state index in [0.29, 0.717) is 61.9 Å². The van der Waals surface area contributed by atoms with E-state index in [4.69, 9.17) is 18.9 Å². The van der Waals surface area contributed by atoms with Crippen molar-refractivity contribution < 1.29 is 33.3 Å². The zero-order valence-corrected chi connectivity index (χ0v) is 26.7. The highest BCUT2D eigenvalue weighted by Gasteiger charge is 2.34. The fourth-order valence-electron chi connectivity index (χ4n) is 5.78. The van der Waals surface area contributed by atoms with Crippen LogP contribution in [0.25, 0.3) is 0 Å². The SMILES string of the molecule is COCCCN1CC(=O)N[C@H]2CN(C(=O)c3cccc(C)n3)CC[C@H]2OCc2cccc(c2)Oc2ccc(cc2OC)CCC1=O. The summed E-state index contributed by atoms with van der Waals surface area (Å²) in [6.45, 7) is 3.55. The number of nitrogens with one attached hydrogen (secondary N) is 1. The van der Waals surface area contributed by atoms with Crippen molar-refractivity contribution in [3.63, 3.8) is 0 Å². The van der Waals surface area contributed by atoms with Crippen LogP contribution in [0.15, 0.2) is 60.7 Å². The van der Waals surface area contributed by atoms with Gasteiger partial charge in [0, 0.05) is 45.5 Å². The monoisotopic (exact) mass is 630 g/mol. The Kier molecular flexibility index (Phi) is 11.2. The van der Waals surface area contributed by atoms with Crippen LogP contribution < -0.4 is 14.8 Å². The van der Waals surface area contributed by atoms with Crippen molar-refractivity contribution in [1.29, 1.82) is 0 Å². The van der Waals surface area contributed by atoms with E-state index in [-0.39, 0.29) is 49.9 Å². The molecule has 0 aliphatic carbocycles. The maximum absolute atomic E-state index is 13.5. The van der Waals surface area contributed by atoms with Gasteiger partial charge < -0.3 is 34.1 Å². The molecule has 0 radical (unpaired) electrons. The molecule has 1 saturated heterocycles. The number of aryl methyl sites for hydroxylation is 2. The van der Waals surface area contributed by atoms with Crippen LogP contribution in [0, 0.1) is 6.92 Å². The highest BCUT2D eigenvalue weighted by Crippen LogP contribution is 2.33. The minimum absolute atomic E-state index is 0.114. The predicted octanol–water partition coefficient (Wildman–Crippen LogP) is 3.92. The Hall–Kier alpha value is -4.48. The molecule has 4 bridgehead atoms. The second-order valence-corrected chi connectivity index (χ2v) is 11.6. The van der Waals surface area contributed by atoms with Gasteiger partial charge in [-0.25, -0.2) is 4.98 Å². The van der Waals surface area contributed by atoms with E-state index in [9.17, 15) is 14.4 Å². The molecule has 1 fully saturated rings. The zero-order chi connectivity index (χ0) is 32.5. The summed E-state index contributed by atoms with van der Waals surface area (Å²) in [5.41, 5.74) is 2.92. The van der Waals surface area contributed by atoms with Crippen molar-refractivity contribution in [2.75, 3.05) is 47.0 Å². The topological polar surface area (TPSA) is 120 Å². The number of benzene rings is 2. The molecule has 46 heavy (non-hydrogen) atoms. The lowest BCUT2D eigenvalue weighted by atomic mass is 10.0. The molecule has 3 aromatic rings. The van der Waals surface area contributed by atoms with Crippen LogP contribution in [-0.2, 0) is 32.1 Å². The molecule has 244 valence electrons. The Morgan fingerprint density at radius 1 is 1.04 bits per heavy atom. The normalized spacial score (nSPS) is 19.3. The van der Waals surface area contributed by atoms with Crippen LogP contribution in [0.5, 0.6) is 17.2 Å². The van der Waals surface area contributed by atoms with E-state index >= 15 is 0 Å². The molecule has 0 spiro atoms. The smallest absolute Gasteiger partial charge is 0.272 e. The van der Waals surface area contributed by atoms with Crippen LogP contribution in [-0.4, -0.2) is 91.7 Å². The Morgan fingerprint density at radius 2 is 1.89 bits per heavy atom. The second kappa shape index (κ2) is 15.7. The summed E-state index contributed by atoms with van der Waals surface area (Å²) < 4.78 is 23.4. The van der Waals surface area contributed by atoms with E-state index in [0.717, 1.165) is 16.8 Å². The van der Waals surface area contributed by atoms with Crippen molar-refractivity contribution in [2.45, 2.75) is 51.4 Å². The van der Waals surface area contributed by atoms with E-state index in [1.54, 1.807) is 30.1 Å². The van der Waals surface area contributed by atoms with Crippen molar-refractivity contribution >= 4 is 17.7 Å². The summed E-state index contributed by atoms with van der Waals surface area (Å²) in [4.78, 5) is 48.0. The molecule has 6 rings (SSSR count). The Bertz CT molecular complexity index is 1530. The van der Waals surface area contributed by atoms with Gasteiger partial charge in [-0.05, 0) is 73.7 Å². The standard InChI is InChI=1S/C35H42N4O7/c1-24-7-4-10-28(36-24)35(42)39-17-15-30-29(21-39)37-33(40)22-38(16-6-18-43-2)34(41)14-12-25-11-13-31(32(20-25)44-3)46-27-9-5-8-26(19-27)23-45-30/h4-5,7-11,13,19-20,29-30H,6,12,14-18,21-23H2,1-3H3,(H,37,40)/t29-,30+/m0/s1. The molecule has 11 nitrogen and oxygen atoms in total. The van der Waals surface area contributed by atoms with Crippen molar-refractivity contribution in [3.8, 4) is 17.2 Å². The largest absolute Gasteiger partial charge is 0.493 e. The molecular weight excluding hydrogens is 588 g/mol. The molecule has 11 heteroatoms. The first-order valence-electron chi connectivity index (χ1n) is 15.7. The van der Waals surface area contributed by atoms with Crippen LogP contribution in [0.2, 0.25) is 0 Å². The van der Waals surface area contributed by atoms with Crippen LogP contribution in [0.1, 0.15) is 46.6 Å². The summed E-state index contributed by atoms with van der Waals surface area (Å²) >= 11 is 0. The zero-order valence-electron chi connectivity index (χ0n) is 26.7. The number of nitrogens with zero attached hydrogens (tertiary/aromatic N) is 3. The van der Waals surface area contributed by atoms with Gasteiger partial charge in [0.25, 0.3) is 5.91 Å². The van der Waals surface area contributed by atoms with Gasteiger partial charge >= 0.3 is 0 Å². The van der Waals surface area contributed by atoms with Crippen molar-refractivity contribution in [2.24, 2.45) is 0 Å². The number of rotatable bonds is 6. The number of carbonyl (C=O) groups excluding carboxylic acids is 3. The molecule has 3 amide bonds. The molecule has 2 atom stereocenters. The molecule has 3 aliphatic heterocycles. The number of likely N-dealkylation sites (tertiary alicyclic amines) is 1. The molecule has 3 aliphatic rings. The second-order valence-electron chi connectivity index (χ2n) is 11.6. The summed E-state index contributed by atoms with van der Waals surface area (Å²) in [5.74, 6) is 1.10. The first kappa shape index (κ1) is 32.9. The number of fused-ring (bicyclic) bond motifs is 9. The summed E-state index contributed by atoms with van der Waals surface area (Å²) in [6, 6.07) is 18.1. The minimum atomic E-state index is -0.493. The number of methoxy groups -OCH3 is 2. The first-order valence-corrected chi connectivity index (χ1v) is 15.7. The third kappa shape index (κ3) is 8.61. The quantitative estimate of drug-likeness (QED) is 0.407. The average molecular weight is 631 g/mol. The van der Waals surface area contributed by atoms with Crippen LogP contribution in [0.3, 0.4) is 0 Å². The highest BCUT2D eigenvalue weighted by molar-refractivity contribution is 5.92. The van der Waals surface area contributed by atoms with Gasteiger partial charge in [-0.1, -0.05) is 24.3 Å². The fourth-order valence-corrected chi connectivity index (χ4v) is 5.78. The van der Waals surface area contributed by atoms with Gasteiger partial charge in [0.1, 0.15) is 11.4 Å². The van der Waals surface area contributed by atoms with E-state index in [1.807, 2.05) is 61.5 Å². The van der Waals surface area contributed by atoms with Crippen LogP contribution >= 0.6 is 0 Å². The molecule has 4 heterocycles. The molecule has 1 N–H and O–H groups in total. The Balaban J connectivity index is 1.41. The number of hydrogen-bond acceptors (Lipinski definition) is 8. The third-order valence-electron chi connectivity index (χ3n) is 8.20. The number of hydrogen-bond donors (Lipinski definition) is 1. The molecule has 2 aromatic carbocycles. The summed E-state index contributed by atoms with van der Waals surface area (Å²) in [5, 5.41) is 3.09. The Labute approximate surface area is 269 Å². The lowest BCUT2D eigenvalue weighted by Crippen LogP contribution is -2.58. The third-order valence-corrected chi connectivity index (χ3v) is 8.20. The number of piperidine rings is 1. The van der Waals surface area contributed by atoms with Gasteiger partial charge in [0.05, 0.1) is 32.4 Å². The van der Waals surface area contributed by atoms with Gasteiger partial charge in [0.15, 0.2) is 11.5 Å². The maximum atomic E-state index is 13.5. The van der Waals surface area contributed by atoms with Crippen LogP contribution in [0.4, 0.5) is 0 Å². The fraction of sp³-hybridized carbons (Fsp3) is 0.429. The molecule has 0 unspecified atom stereocenters. The average Bonchev–Trinajstić information content (AvgIpc) is 3.06. The maximum Gasteiger partial charge on any atom is 0.272 e. The molecule has 1 aromatic heterocycles. The molecular formula is C35H42N4O7. The first-order chi connectivity index (χ1) is 22.3. The van der Waals surface area contributed by atoms with Gasteiger partial charge in [-0.2, -0.15) is 0 Å². The van der Waals surface area contributed by atoms with Crippen molar-refractivity contribution in [3.05, 3.63) is 83.2 Å². The van der Waals surface area contributed by atoms with Gasteiger partial charge in [-0.15, -0.1) is 0 Å². The number of carbonyl (C=O) groups is 3. The van der Waals surface area contributed by atoms with Gasteiger partial charge in [0.2, 0.25) is 11.8 Å². The molecule has 0 saturated carbocycles. The highest BCUT2D eigenvalue weighted by atomic mass is 16.5. The lowest BCUT2D eigenvalue weighted by Gasteiger charge is -2.39. The number of amides is 3. The predicted molar refractivity (Wildman–Crippen MR) is 171 cm³/mol. The Morgan fingerprint density at radius 3 is 2.70 bits per heavy atom.